The number of carbonyl (C=O) groups excluding carboxylic acids is 2. The van der Waals surface area contributed by atoms with Gasteiger partial charge in [-0.3, -0.25) is 4.90 Å². The number of methoxy groups -OCH3 is 1. The van der Waals surface area contributed by atoms with Gasteiger partial charge in [0, 0.05) is 28.9 Å². The Hall–Kier alpha value is -3.38. The van der Waals surface area contributed by atoms with E-state index in [1.165, 1.54) is 18.4 Å². The Kier molecular flexibility index (Phi) is 7.94. The second kappa shape index (κ2) is 11.1. The summed E-state index contributed by atoms with van der Waals surface area (Å²) in [6.07, 6.45) is 0. The van der Waals surface area contributed by atoms with Crippen LogP contribution in [0.4, 0.5) is 16.2 Å². The summed E-state index contributed by atoms with van der Waals surface area (Å²) < 4.78 is 10.3. The maximum absolute atomic E-state index is 13.0. The molecule has 1 aliphatic heterocycles. The van der Waals surface area contributed by atoms with Crippen molar-refractivity contribution >= 4 is 45.5 Å². The van der Waals surface area contributed by atoms with Gasteiger partial charge in [0.25, 0.3) is 0 Å². The number of hydrogen-bond acceptors (Lipinski definition) is 6. The number of esters is 1. The number of urea groups is 1. The van der Waals surface area contributed by atoms with Gasteiger partial charge >= 0.3 is 12.0 Å². The second-order valence-corrected chi connectivity index (χ2v) is 10.6. The van der Waals surface area contributed by atoms with Crippen LogP contribution in [0.2, 0.25) is 0 Å². The minimum absolute atomic E-state index is 0.168. The molecule has 0 spiro atoms. The molecule has 0 aliphatic carbocycles. The lowest BCUT2D eigenvalue weighted by Crippen LogP contribution is -2.36. The van der Waals surface area contributed by atoms with Crippen molar-refractivity contribution < 1.29 is 19.1 Å². The highest BCUT2D eigenvalue weighted by Crippen LogP contribution is 2.36. The zero-order valence-corrected chi connectivity index (χ0v) is 21.9. The molecule has 2 heterocycles. The Morgan fingerprint density at radius 3 is 2.44 bits per heavy atom. The van der Waals surface area contributed by atoms with Gasteiger partial charge in [0.2, 0.25) is 0 Å². The van der Waals surface area contributed by atoms with Crippen LogP contribution in [0.1, 0.15) is 40.9 Å². The average molecular weight is 506 g/mol. The third kappa shape index (κ3) is 6.05. The quantitative estimate of drug-likeness (QED) is 0.371. The maximum atomic E-state index is 13.0. The van der Waals surface area contributed by atoms with Crippen LogP contribution in [0.15, 0.2) is 42.5 Å². The monoisotopic (exact) mass is 505 g/mol. The van der Waals surface area contributed by atoms with Crippen molar-refractivity contribution in [1.82, 2.24) is 4.90 Å². The molecular weight excluding hydrogens is 474 g/mol. The molecule has 1 fully saturated rings. The Morgan fingerprint density at radius 1 is 1.06 bits per heavy atom. The summed E-state index contributed by atoms with van der Waals surface area (Å²) in [5, 5.41) is 7.62. The molecular formula is C28H31N3O4S. The summed E-state index contributed by atoms with van der Waals surface area (Å²) in [7, 11) is 1.33. The second-order valence-electron chi connectivity index (χ2n) is 9.57. The summed E-state index contributed by atoms with van der Waals surface area (Å²) in [4.78, 5) is 28.9. The number of ether oxygens (including phenoxy) is 2. The molecule has 1 aliphatic rings. The van der Waals surface area contributed by atoms with Gasteiger partial charge in [-0.25, -0.2) is 9.59 Å². The zero-order chi connectivity index (χ0) is 25.7. The SMILES string of the molecule is COC(=O)c1sc(C(C)(C)C)cc1NC(=O)Nc1ccc(C#CCN2CCOCC2)c2ccccc12. The fourth-order valence-electron chi connectivity index (χ4n) is 3.90. The van der Waals surface area contributed by atoms with Crippen molar-refractivity contribution in [2.24, 2.45) is 0 Å². The topological polar surface area (TPSA) is 79.9 Å². The van der Waals surface area contributed by atoms with Crippen LogP contribution >= 0.6 is 11.3 Å². The predicted octanol–water partition coefficient (Wildman–Crippen LogP) is 5.31. The van der Waals surface area contributed by atoms with Crippen LogP contribution in [0.5, 0.6) is 0 Å². The van der Waals surface area contributed by atoms with Gasteiger partial charge in [-0.15, -0.1) is 11.3 Å². The van der Waals surface area contributed by atoms with Gasteiger partial charge < -0.3 is 20.1 Å². The van der Waals surface area contributed by atoms with Gasteiger partial charge in [-0.05, 0) is 29.0 Å². The smallest absolute Gasteiger partial charge is 0.350 e. The highest BCUT2D eigenvalue weighted by molar-refractivity contribution is 7.14. The first-order chi connectivity index (χ1) is 17.3. The number of nitrogens with zero attached hydrogens (tertiary/aromatic N) is 1. The number of hydrogen-bond donors (Lipinski definition) is 2. The Bertz CT molecular complexity index is 1320. The van der Waals surface area contributed by atoms with E-state index in [0.717, 1.165) is 47.5 Å². The molecule has 2 N–H and O–H groups in total. The van der Waals surface area contributed by atoms with E-state index in [-0.39, 0.29) is 5.41 Å². The van der Waals surface area contributed by atoms with Gasteiger partial charge in [0.1, 0.15) is 4.88 Å². The standard InChI is InChI=1S/C28H31N3O4S/c1-28(2,3)24-18-23(25(36-24)26(32)34-4)30-27(33)29-22-12-11-19(20-9-5-6-10-21(20)22)8-7-13-31-14-16-35-17-15-31/h5-6,9-12,18H,13-17H2,1-4H3,(H2,29,30,33). The Morgan fingerprint density at radius 2 is 1.75 bits per heavy atom. The fraction of sp³-hybridized carbons (Fsp3) is 0.357. The van der Waals surface area contributed by atoms with E-state index in [1.807, 2.05) is 42.5 Å². The first-order valence-corrected chi connectivity index (χ1v) is 12.7. The molecule has 2 aromatic carbocycles. The minimum Gasteiger partial charge on any atom is -0.465 e. The highest BCUT2D eigenvalue weighted by atomic mass is 32.1. The van der Waals surface area contributed by atoms with Gasteiger partial charge in [0.15, 0.2) is 0 Å². The molecule has 0 saturated carbocycles. The van der Waals surface area contributed by atoms with Gasteiger partial charge in [0.05, 0.1) is 38.2 Å². The first kappa shape index (κ1) is 25.7. The van der Waals surface area contributed by atoms with E-state index in [2.05, 4.69) is 48.1 Å². The molecule has 3 aromatic rings. The number of amides is 2. The zero-order valence-electron chi connectivity index (χ0n) is 21.1. The molecule has 188 valence electrons. The molecule has 36 heavy (non-hydrogen) atoms. The average Bonchev–Trinajstić information content (AvgIpc) is 3.29. The highest BCUT2D eigenvalue weighted by Gasteiger charge is 2.24. The van der Waals surface area contributed by atoms with Crippen LogP contribution < -0.4 is 10.6 Å². The number of anilines is 2. The summed E-state index contributed by atoms with van der Waals surface area (Å²) in [5.41, 5.74) is 1.83. The van der Waals surface area contributed by atoms with Crippen LogP contribution in [0.3, 0.4) is 0 Å². The Balaban J connectivity index is 1.54. The first-order valence-electron chi connectivity index (χ1n) is 11.9. The van der Waals surface area contributed by atoms with Crippen molar-refractivity contribution in [3.63, 3.8) is 0 Å². The summed E-state index contributed by atoms with van der Waals surface area (Å²) in [5.74, 6) is 6.08. The van der Waals surface area contributed by atoms with Crippen LogP contribution in [-0.2, 0) is 14.9 Å². The number of fused-ring (bicyclic) bond motifs is 1. The number of nitrogens with one attached hydrogen (secondary N) is 2. The summed E-state index contributed by atoms with van der Waals surface area (Å²) in [6, 6.07) is 13.0. The van der Waals surface area contributed by atoms with Crippen molar-refractivity contribution in [3.8, 4) is 11.8 Å². The van der Waals surface area contributed by atoms with Gasteiger partial charge in [-0.1, -0.05) is 56.9 Å². The minimum atomic E-state index is -0.476. The summed E-state index contributed by atoms with van der Waals surface area (Å²) >= 11 is 1.33. The van der Waals surface area contributed by atoms with Crippen molar-refractivity contribution in [1.29, 1.82) is 0 Å². The lowest BCUT2D eigenvalue weighted by molar-refractivity contribution is 0.0443. The molecule has 4 rings (SSSR count). The number of morpholine rings is 1. The third-order valence-corrected chi connectivity index (χ3v) is 7.43. The van der Waals surface area contributed by atoms with Crippen molar-refractivity contribution in [2.75, 3.05) is 50.6 Å². The van der Waals surface area contributed by atoms with E-state index in [9.17, 15) is 9.59 Å². The largest absolute Gasteiger partial charge is 0.465 e. The fourth-order valence-corrected chi connectivity index (χ4v) is 4.99. The lowest BCUT2D eigenvalue weighted by Gasteiger charge is -2.24. The molecule has 1 saturated heterocycles. The van der Waals surface area contributed by atoms with Crippen LogP contribution in [0, 0.1) is 11.8 Å². The van der Waals surface area contributed by atoms with Crippen LogP contribution in [0.25, 0.3) is 10.8 Å². The molecule has 7 nitrogen and oxygen atoms in total. The predicted molar refractivity (Wildman–Crippen MR) is 145 cm³/mol. The number of thiophene rings is 1. The van der Waals surface area contributed by atoms with Crippen molar-refractivity contribution in [3.05, 3.63) is 57.8 Å². The Labute approximate surface area is 215 Å². The maximum Gasteiger partial charge on any atom is 0.350 e. The van der Waals surface area contributed by atoms with E-state index in [1.54, 1.807) is 0 Å². The molecule has 0 bridgehead atoms. The van der Waals surface area contributed by atoms with Crippen molar-refractivity contribution in [2.45, 2.75) is 26.2 Å². The van der Waals surface area contributed by atoms with Crippen LogP contribution in [-0.4, -0.2) is 56.9 Å². The molecule has 0 unspecified atom stereocenters. The van der Waals surface area contributed by atoms with E-state index in [0.29, 0.717) is 22.8 Å². The van der Waals surface area contributed by atoms with E-state index < -0.39 is 12.0 Å². The number of carbonyl (C=O) groups is 2. The third-order valence-electron chi connectivity index (χ3n) is 5.89. The summed E-state index contributed by atoms with van der Waals surface area (Å²) in [6.45, 7) is 10.1. The number of rotatable bonds is 4. The molecule has 2 amide bonds. The molecule has 8 heteroatoms. The van der Waals surface area contributed by atoms with E-state index >= 15 is 0 Å². The molecule has 1 aromatic heterocycles. The van der Waals surface area contributed by atoms with Gasteiger partial charge in [-0.2, -0.15) is 0 Å². The number of benzene rings is 2. The molecule has 0 radical (unpaired) electrons. The van der Waals surface area contributed by atoms with E-state index in [4.69, 9.17) is 9.47 Å². The lowest BCUT2D eigenvalue weighted by atomic mass is 9.94. The normalized spacial score (nSPS) is 14.1. The molecule has 0 atom stereocenters.